The molecule has 0 aromatic heterocycles. The van der Waals surface area contributed by atoms with Gasteiger partial charge in [0, 0.05) is 12.1 Å². The minimum absolute atomic E-state index is 0.000217. The Hall–Kier alpha value is -3.06. The molecule has 6 nitrogen and oxygen atoms in total. The second kappa shape index (κ2) is 6.21. The second-order valence-electron chi connectivity index (χ2n) is 5.32. The Labute approximate surface area is 143 Å². The molecule has 3 rings (SSSR count). The number of hydrogen-bond acceptors (Lipinski definition) is 4. The normalized spacial score (nSPS) is 15.7. The van der Waals surface area contributed by atoms with E-state index >= 15 is 0 Å². The minimum atomic E-state index is -0.468. The minimum Gasteiger partial charge on any atom is -0.327 e. The Bertz CT molecular complexity index is 875. The largest absolute Gasteiger partial charge is 0.327 e. The lowest BCUT2D eigenvalue weighted by molar-refractivity contribution is -0.384. The number of rotatable bonds is 3. The summed E-state index contributed by atoms with van der Waals surface area (Å²) in [5.74, 6) is -0.260. The van der Waals surface area contributed by atoms with Gasteiger partial charge in [-0.15, -0.1) is 0 Å². The highest BCUT2D eigenvalue weighted by Crippen LogP contribution is 2.23. The van der Waals surface area contributed by atoms with Gasteiger partial charge in [0.25, 0.3) is 11.6 Å². The molecule has 0 radical (unpaired) electrons. The Morgan fingerprint density at radius 2 is 1.92 bits per heavy atom. The van der Waals surface area contributed by atoms with Gasteiger partial charge in [-0.25, -0.2) is 0 Å². The number of aryl methyl sites for hydroxylation is 1. The molecule has 2 aromatic carbocycles. The lowest BCUT2D eigenvalue weighted by atomic mass is 10.1. The van der Waals surface area contributed by atoms with Crippen LogP contribution in [0.4, 0.5) is 11.4 Å². The van der Waals surface area contributed by atoms with Gasteiger partial charge in [-0.05, 0) is 60.6 Å². The van der Waals surface area contributed by atoms with E-state index in [9.17, 15) is 14.9 Å². The number of amides is 1. The van der Waals surface area contributed by atoms with Gasteiger partial charge in [0.2, 0.25) is 0 Å². The van der Waals surface area contributed by atoms with Crippen LogP contribution in [0, 0.1) is 17.0 Å². The number of nitro benzene ring substituents is 1. The summed E-state index contributed by atoms with van der Waals surface area (Å²) in [6.45, 7) is 1.94. The molecule has 2 aromatic rings. The molecule has 1 aliphatic heterocycles. The van der Waals surface area contributed by atoms with E-state index in [4.69, 9.17) is 12.2 Å². The zero-order chi connectivity index (χ0) is 17.3. The van der Waals surface area contributed by atoms with Crippen LogP contribution in [-0.2, 0) is 4.79 Å². The first-order chi connectivity index (χ1) is 11.5. The van der Waals surface area contributed by atoms with E-state index in [1.807, 2.05) is 31.2 Å². The monoisotopic (exact) mass is 339 g/mol. The van der Waals surface area contributed by atoms with Crippen molar-refractivity contribution < 1.29 is 9.72 Å². The molecule has 1 aliphatic rings. The molecule has 1 saturated heterocycles. The fourth-order valence-electron chi connectivity index (χ4n) is 2.40. The Kier molecular flexibility index (Phi) is 4.09. The highest BCUT2D eigenvalue weighted by Gasteiger charge is 2.31. The molecule has 0 unspecified atom stereocenters. The molecule has 1 N–H and O–H groups in total. The van der Waals surface area contributed by atoms with E-state index in [2.05, 4.69) is 5.32 Å². The molecule has 0 spiro atoms. The van der Waals surface area contributed by atoms with Gasteiger partial charge in [0.15, 0.2) is 5.11 Å². The van der Waals surface area contributed by atoms with E-state index < -0.39 is 4.92 Å². The van der Waals surface area contributed by atoms with Crippen LogP contribution in [0.2, 0.25) is 0 Å². The number of carbonyl (C=O) groups is 1. The standard InChI is InChI=1S/C17H13N3O3S/c1-11-3-2-4-14(9-11)19-16(21)15(18-17(19)24)10-12-5-7-13(8-6-12)20(22)23/h2-10H,1H3,(H,18,24)/b15-10+. The van der Waals surface area contributed by atoms with Crippen LogP contribution in [0.15, 0.2) is 54.2 Å². The van der Waals surface area contributed by atoms with Crippen LogP contribution in [0.1, 0.15) is 11.1 Å². The summed E-state index contributed by atoms with van der Waals surface area (Å²) in [7, 11) is 0. The van der Waals surface area contributed by atoms with E-state index in [1.54, 1.807) is 18.2 Å². The lowest BCUT2D eigenvalue weighted by Crippen LogP contribution is -2.30. The molecular formula is C17H13N3O3S. The summed E-state index contributed by atoms with van der Waals surface area (Å²) >= 11 is 5.25. The first-order valence-electron chi connectivity index (χ1n) is 7.14. The molecule has 7 heteroatoms. The Balaban J connectivity index is 1.89. The average Bonchev–Trinajstić information content (AvgIpc) is 2.82. The molecule has 0 bridgehead atoms. The van der Waals surface area contributed by atoms with Crippen molar-refractivity contribution in [2.45, 2.75) is 6.92 Å². The van der Waals surface area contributed by atoms with Gasteiger partial charge in [0.1, 0.15) is 5.70 Å². The fourth-order valence-corrected chi connectivity index (χ4v) is 2.69. The van der Waals surface area contributed by atoms with Crippen molar-refractivity contribution in [3.63, 3.8) is 0 Å². The van der Waals surface area contributed by atoms with Crippen molar-refractivity contribution in [2.24, 2.45) is 0 Å². The third-order valence-electron chi connectivity index (χ3n) is 3.55. The SMILES string of the molecule is Cc1cccc(N2C(=O)/C(=C\c3ccc([N+](=O)[O-])cc3)NC2=S)c1. The smallest absolute Gasteiger partial charge is 0.281 e. The summed E-state index contributed by atoms with van der Waals surface area (Å²) in [4.78, 5) is 24.2. The van der Waals surface area contributed by atoms with Gasteiger partial charge >= 0.3 is 0 Å². The van der Waals surface area contributed by atoms with Crippen molar-refractivity contribution in [1.29, 1.82) is 0 Å². The first-order valence-corrected chi connectivity index (χ1v) is 7.55. The summed E-state index contributed by atoms with van der Waals surface area (Å²) < 4.78 is 0. The zero-order valence-corrected chi connectivity index (χ0v) is 13.5. The molecule has 120 valence electrons. The maximum absolute atomic E-state index is 12.6. The molecule has 0 aliphatic carbocycles. The number of non-ortho nitro benzene ring substituents is 1. The number of thiocarbonyl (C=S) groups is 1. The number of nitrogens with one attached hydrogen (secondary N) is 1. The molecule has 0 atom stereocenters. The predicted molar refractivity (Wildman–Crippen MR) is 95.5 cm³/mol. The van der Waals surface area contributed by atoms with Crippen LogP contribution in [-0.4, -0.2) is 15.9 Å². The highest BCUT2D eigenvalue weighted by molar-refractivity contribution is 7.80. The topological polar surface area (TPSA) is 75.5 Å². The molecule has 24 heavy (non-hydrogen) atoms. The van der Waals surface area contributed by atoms with Gasteiger partial charge in [0.05, 0.1) is 10.6 Å². The average molecular weight is 339 g/mol. The molecule has 1 fully saturated rings. The van der Waals surface area contributed by atoms with Crippen molar-refractivity contribution in [1.82, 2.24) is 5.32 Å². The van der Waals surface area contributed by atoms with Crippen LogP contribution >= 0.6 is 12.2 Å². The molecule has 1 amide bonds. The van der Waals surface area contributed by atoms with E-state index in [-0.39, 0.29) is 11.6 Å². The van der Waals surface area contributed by atoms with E-state index in [0.717, 1.165) is 5.56 Å². The Morgan fingerprint density at radius 1 is 1.21 bits per heavy atom. The first kappa shape index (κ1) is 15.8. The van der Waals surface area contributed by atoms with Gasteiger partial charge in [-0.2, -0.15) is 0 Å². The third-order valence-corrected chi connectivity index (χ3v) is 3.84. The maximum Gasteiger partial charge on any atom is 0.281 e. The highest BCUT2D eigenvalue weighted by atomic mass is 32.1. The van der Waals surface area contributed by atoms with Gasteiger partial charge in [-0.3, -0.25) is 19.8 Å². The molecular weight excluding hydrogens is 326 g/mol. The molecule has 0 saturated carbocycles. The number of nitro groups is 1. The third kappa shape index (κ3) is 3.02. The summed E-state index contributed by atoms with van der Waals surface area (Å²) in [6, 6.07) is 13.4. The summed E-state index contributed by atoms with van der Waals surface area (Å²) in [5.41, 5.74) is 2.72. The molecule has 1 heterocycles. The Morgan fingerprint density at radius 3 is 2.54 bits per heavy atom. The number of anilines is 1. The zero-order valence-electron chi connectivity index (χ0n) is 12.7. The van der Waals surface area contributed by atoms with Crippen molar-refractivity contribution >= 4 is 40.7 Å². The number of hydrogen-bond donors (Lipinski definition) is 1. The van der Waals surface area contributed by atoms with Crippen LogP contribution in [0.5, 0.6) is 0 Å². The maximum atomic E-state index is 12.6. The van der Waals surface area contributed by atoms with Crippen LogP contribution in [0.25, 0.3) is 6.08 Å². The second-order valence-corrected chi connectivity index (χ2v) is 5.70. The van der Waals surface area contributed by atoms with Crippen LogP contribution in [0.3, 0.4) is 0 Å². The number of nitrogens with zero attached hydrogens (tertiary/aromatic N) is 2. The van der Waals surface area contributed by atoms with Gasteiger partial charge < -0.3 is 5.32 Å². The summed E-state index contributed by atoms with van der Waals surface area (Å²) in [6.07, 6.45) is 1.62. The van der Waals surface area contributed by atoms with Crippen LogP contribution < -0.4 is 10.2 Å². The van der Waals surface area contributed by atoms with E-state index in [1.165, 1.54) is 17.0 Å². The van der Waals surface area contributed by atoms with Gasteiger partial charge in [-0.1, -0.05) is 12.1 Å². The fraction of sp³-hybridized carbons (Fsp3) is 0.0588. The van der Waals surface area contributed by atoms with Crippen molar-refractivity contribution in [3.8, 4) is 0 Å². The number of benzene rings is 2. The predicted octanol–water partition coefficient (Wildman–Crippen LogP) is 3.17. The van der Waals surface area contributed by atoms with E-state index in [0.29, 0.717) is 22.1 Å². The van der Waals surface area contributed by atoms with Crippen molar-refractivity contribution in [3.05, 3.63) is 75.5 Å². The quantitative estimate of drug-likeness (QED) is 0.402. The summed E-state index contributed by atoms with van der Waals surface area (Å²) in [5, 5.41) is 13.9. The lowest BCUT2D eigenvalue weighted by Gasteiger charge is -2.14. The number of carbonyl (C=O) groups excluding carboxylic acids is 1. The van der Waals surface area contributed by atoms with Crippen molar-refractivity contribution in [2.75, 3.05) is 4.90 Å².